The van der Waals surface area contributed by atoms with Gasteiger partial charge >= 0.3 is 0 Å². The number of para-hydroxylation sites is 1. The van der Waals surface area contributed by atoms with Gasteiger partial charge in [0.25, 0.3) is 5.91 Å². The van der Waals surface area contributed by atoms with Crippen LogP contribution >= 0.6 is 23.4 Å². The highest BCUT2D eigenvalue weighted by molar-refractivity contribution is 7.99. The Morgan fingerprint density at radius 1 is 1.08 bits per heavy atom. The minimum absolute atomic E-state index is 0.0951. The van der Waals surface area contributed by atoms with E-state index in [9.17, 15) is 14.3 Å². The first-order valence-electron chi connectivity index (χ1n) is 11.3. The quantitative estimate of drug-likeness (QED) is 0.161. The first kappa shape index (κ1) is 25.5. The first-order chi connectivity index (χ1) is 17.4. The molecule has 0 aliphatic rings. The van der Waals surface area contributed by atoms with Crippen molar-refractivity contribution < 1.29 is 14.3 Å². The molecule has 4 rings (SSSR count). The van der Waals surface area contributed by atoms with Crippen LogP contribution in [0.3, 0.4) is 0 Å². The molecule has 1 amide bonds. The Bertz CT molecular complexity index is 1350. The third-order valence-corrected chi connectivity index (χ3v) is 6.87. The number of anilines is 3. The van der Waals surface area contributed by atoms with Crippen LogP contribution in [0.15, 0.2) is 77.8 Å². The van der Waals surface area contributed by atoms with Gasteiger partial charge in [-0.25, -0.2) is 14.4 Å². The van der Waals surface area contributed by atoms with Gasteiger partial charge in [-0.2, -0.15) is 0 Å². The number of rotatable bonds is 9. The van der Waals surface area contributed by atoms with Crippen LogP contribution in [0.4, 0.5) is 21.7 Å². The summed E-state index contributed by atoms with van der Waals surface area (Å²) in [4.78, 5) is 23.3. The molecule has 0 saturated heterocycles. The van der Waals surface area contributed by atoms with Crippen LogP contribution in [-0.2, 0) is 6.42 Å². The number of thioether (sulfide) groups is 1. The number of amides is 1. The number of phenolic OH excluding ortho intramolecular Hbond substituents is 1. The number of carbonyl (C=O) groups excluding carboxylic acids is 1. The van der Waals surface area contributed by atoms with E-state index in [-0.39, 0.29) is 28.0 Å². The second-order valence-corrected chi connectivity index (χ2v) is 9.45. The number of hydrogen-bond donors (Lipinski definition) is 3. The molecule has 184 valence electrons. The van der Waals surface area contributed by atoms with Gasteiger partial charge in [-0.15, -0.1) is 11.8 Å². The molecular weight excluding hydrogens is 499 g/mol. The number of benzene rings is 3. The lowest BCUT2D eigenvalue weighted by Crippen LogP contribution is -2.18. The zero-order chi connectivity index (χ0) is 25.5. The molecule has 3 N–H and O–H groups in total. The van der Waals surface area contributed by atoms with Crippen molar-refractivity contribution in [3.63, 3.8) is 0 Å². The van der Waals surface area contributed by atoms with Crippen LogP contribution in [0.2, 0.25) is 5.02 Å². The van der Waals surface area contributed by atoms with Crippen molar-refractivity contribution in [3.8, 4) is 5.75 Å². The lowest BCUT2D eigenvalue weighted by molar-refractivity contribution is 0.102. The van der Waals surface area contributed by atoms with Crippen molar-refractivity contribution in [1.29, 1.82) is 0 Å². The Kier molecular flexibility index (Phi) is 8.40. The molecule has 0 aliphatic heterocycles. The molecule has 9 heteroatoms. The molecule has 0 fully saturated rings. The number of carbonyl (C=O) groups is 1. The topological polar surface area (TPSA) is 87.1 Å². The highest BCUT2D eigenvalue weighted by Crippen LogP contribution is 2.28. The summed E-state index contributed by atoms with van der Waals surface area (Å²) in [7, 11) is 0. The summed E-state index contributed by atoms with van der Waals surface area (Å²) in [5, 5.41) is 15.3. The van der Waals surface area contributed by atoms with Crippen molar-refractivity contribution >= 4 is 46.6 Å². The molecule has 0 atom stereocenters. The lowest BCUT2D eigenvalue weighted by atomic mass is 10.1. The minimum Gasteiger partial charge on any atom is -0.508 e. The summed E-state index contributed by atoms with van der Waals surface area (Å²) in [6.45, 7) is 2.12. The fraction of sp³-hybridized carbons (Fsp3) is 0.148. The fourth-order valence-corrected chi connectivity index (χ4v) is 4.59. The highest BCUT2D eigenvalue weighted by Gasteiger charge is 2.19. The van der Waals surface area contributed by atoms with Crippen molar-refractivity contribution in [2.24, 2.45) is 0 Å². The Balaban J connectivity index is 1.69. The van der Waals surface area contributed by atoms with Gasteiger partial charge in [0.05, 0.1) is 22.0 Å². The number of halogens is 2. The maximum Gasteiger partial charge on any atom is 0.259 e. The molecule has 0 spiro atoms. The third-order valence-electron chi connectivity index (χ3n) is 5.23. The second-order valence-electron chi connectivity index (χ2n) is 7.91. The number of aromatic hydroxyl groups is 1. The SMILES string of the molecule is CCCSc1ccccc1Cc1nc(Nc2ccc(O)cc2)ncc1C(=O)Nc1c(F)cccc1Cl. The van der Waals surface area contributed by atoms with E-state index >= 15 is 0 Å². The van der Waals surface area contributed by atoms with E-state index in [1.54, 1.807) is 36.0 Å². The van der Waals surface area contributed by atoms with Crippen LogP contribution in [0.1, 0.15) is 35.0 Å². The van der Waals surface area contributed by atoms with E-state index in [2.05, 4.69) is 27.5 Å². The predicted octanol–water partition coefficient (Wildman–Crippen LogP) is 7.06. The number of aromatic nitrogens is 2. The molecule has 0 bridgehead atoms. The molecule has 36 heavy (non-hydrogen) atoms. The van der Waals surface area contributed by atoms with E-state index in [4.69, 9.17) is 11.6 Å². The second kappa shape index (κ2) is 11.9. The van der Waals surface area contributed by atoms with E-state index < -0.39 is 11.7 Å². The molecule has 1 aromatic heterocycles. The van der Waals surface area contributed by atoms with Crippen molar-refractivity contribution in [3.05, 3.63) is 101 Å². The maximum atomic E-state index is 14.3. The number of nitrogens with zero attached hydrogens (tertiary/aromatic N) is 2. The number of phenols is 1. The Morgan fingerprint density at radius 2 is 1.86 bits per heavy atom. The van der Waals surface area contributed by atoms with Crippen molar-refractivity contribution in [1.82, 2.24) is 9.97 Å². The summed E-state index contributed by atoms with van der Waals surface area (Å²) >= 11 is 7.85. The number of hydrogen-bond acceptors (Lipinski definition) is 6. The lowest BCUT2D eigenvalue weighted by Gasteiger charge is -2.14. The Morgan fingerprint density at radius 3 is 2.61 bits per heavy atom. The largest absolute Gasteiger partial charge is 0.508 e. The van der Waals surface area contributed by atoms with Crippen LogP contribution in [0, 0.1) is 5.82 Å². The van der Waals surface area contributed by atoms with Gasteiger partial charge in [-0.1, -0.05) is 42.8 Å². The predicted molar refractivity (Wildman–Crippen MR) is 143 cm³/mol. The summed E-state index contributed by atoms with van der Waals surface area (Å²) in [5.74, 6) is 0.197. The fourth-order valence-electron chi connectivity index (χ4n) is 3.46. The van der Waals surface area contributed by atoms with Crippen LogP contribution in [0.25, 0.3) is 0 Å². The minimum atomic E-state index is -0.634. The summed E-state index contributed by atoms with van der Waals surface area (Å²) in [6.07, 6.45) is 2.81. The van der Waals surface area contributed by atoms with Gasteiger partial charge in [0.1, 0.15) is 11.6 Å². The van der Waals surface area contributed by atoms with E-state index in [0.717, 1.165) is 22.6 Å². The van der Waals surface area contributed by atoms with Gasteiger partial charge < -0.3 is 15.7 Å². The smallest absolute Gasteiger partial charge is 0.259 e. The van der Waals surface area contributed by atoms with E-state index in [1.165, 1.54) is 24.4 Å². The summed E-state index contributed by atoms with van der Waals surface area (Å²) in [5.41, 5.74) is 2.28. The average molecular weight is 523 g/mol. The van der Waals surface area contributed by atoms with Gasteiger partial charge in [-0.3, -0.25) is 4.79 Å². The third kappa shape index (κ3) is 6.33. The van der Waals surface area contributed by atoms with Gasteiger partial charge in [0, 0.05) is 23.2 Å². The molecule has 4 aromatic rings. The van der Waals surface area contributed by atoms with Crippen LogP contribution in [-0.4, -0.2) is 26.7 Å². The molecule has 0 radical (unpaired) electrons. The molecule has 0 unspecified atom stereocenters. The molecule has 0 saturated carbocycles. The standard InChI is InChI=1S/C27H24ClFN4O2S/c1-2-14-36-24-9-4-3-6-17(24)15-23-20(26(35)33-25-21(28)7-5-8-22(25)29)16-30-27(32-23)31-18-10-12-19(34)13-11-18/h3-13,16,34H,2,14-15H2,1H3,(H,33,35)(H,30,31,32). The normalized spacial score (nSPS) is 10.8. The van der Waals surface area contributed by atoms with Gasteiger partial charge in [-0.05, 0) is 60.2 Å². The van der Waals surface area contributed by atoms with Crippen LogP contribution < -0.4 is 10.6 Å². The Hall–Kier alpha value is -3.62. The molecule has 6 nitrogen and oxygen atoms in total. The van der Waals surface area contributed by atoms with Crippen molar-refractivity contribution in [2.75, 3.05) is 16.4 Å². The Labute approximate surface area is 218 Å². The van der Waals surface area contributed by atoms with E-state index in [0.29, 0.717) is 17.8 Å². The molecular formula is C27H24ClFN4O2S. The summed E-state index contributed by atoms with van der Waals surface area (Å²) < 4.78 is 14.3. The van der Waals surface area contributed by atoms with Crippen molar-refractivity contribution in [2.45, 2.75) is 24.7 Å². The van der Waals surface area contributed by atoms with Gasteiger partial charge in [0.15, 0.2) is 0 Å². The van der Waals surface area contributed by atoms with Gasteiger partial charge in [0.2, 0.25) is 5.95 Å². The average Bonchev–Trinajstić information content (AvgIpc) is 2.87. The molecule has 1 heterocycles. The first-order valence-corrected chi connectivity index (χ1v) is 12.7. The zero-order valence-electron chi connectivity index (χ0n) is 19.5. The maximum absolute atomic E-state index is 14.3. The monoisotopic (exact) mass is 522 g/mol. The zero-order valence-corrected chi connectivity index (χ0v) is 21.0. The van der Waals surface area contributed by atoms with E-state index in [1.807, 2.05) is 24.3 Å². The summed E-state index contributed by atoms with van der Waals surface area (Å²) in [6, 6.07) is 18.6. The highest BCUT2D eigenvalue weighted by atomic mass is 35.5. The van der Waals surface area contributed by atoms with Crippen LogP contribution in [0.5, 0.6) is 5.75 Å². The molecule has 3 aromatic carbocycles. The number of nitrogens with one attached hydrogen (secondary N) is 2. The molecule has 0 aliphatic carbocycles.